The van der Waals surface area contributed by atoms with Crippen LogP contribution in [-0.2, 0) is 11.3 Å². The number of nitrogen functional groups attached to an aromatic ring is 1. The van der Waals surface area contributed by atoms with Crippen LogP contribution in [-0.4, -0.2) is 17.0 Å². The highest BCUT2D eigenvalue weighted by Gasteiger charge is 2.12. The van der Waals surface area contributed by atoms with E-state index in [4.69, 9.17) is 10.8 Å². The molecule has 0 aliphatic heterocycles. The predicted octanol–water partition coefficient (Wildman–Crippen LogP) is 0.665. The lowest BCUT2D eigenvalue weighted by molar-refractivity contribution is -0.119. The molecule has 0 unspecified atom stereocenters. The van der Waals surface area contributed by atoms with Crippen molar-refractivity contribution >= 4 is 28.2 Å². The Hall–Kier alpha value is -1.56. The molecule has 4 N–H and O–H groups in total. The van der Waals surface area contributed by atoms with E-state index in [1.165, 1.54) is 24.3 Å². The molecule has 76 valence electrons. The number of amides is 1. The minimum Gasteiger partial charge on any atom is -0.478 e. The molecule has 1 amide bonds. The van der Waals surface area contributed by atoms with Crippen molar-refractivity contribution in [3.63, 3.8) is 0 Å². The zero-order valence-corrected chi connectivity index (χ0v) is 8.35. The van der Waals surface area contributed by atoms with E-state index >= 15 is 0 Å². The van der Waals surface area contributed by atoms with Gasteiger partial charge in [0.05, 0.1) is 12.1 Å². The van der Waals surface area contributed by atoms with Gasteiger partial charge in [-0.05, 0) is 6.07 Å². The van der Waals surface area contributed by atoms with Crippen LogP contribution in [0, 0.1) is 0 Å². The number of rotatable bonds is 3. The van der Waals surface area contributed by atoms with Gasteiger partial charge in [0.2, 0.25) is 5.91 Å². The normalized spacial score (nSPS) is 9.79. The largest absolute Gasteiger partial charge is 0.478 e. The number of thiophene rings is 1. The van der Waals surface area contributed by atoms with E-state index in [2.05, 4.69) is 5.32 Å². The molecule has 0 spiro atoms. The molecule has 0 aliphatic rings. The van der Waals surface area contributed by atoms with Gasteiger partial charge in [-0.15, -0.1) is 11.3 Å². The zero-order valence-electron chi connectivity index (χ0n) is 7.53. The smallest absolute Gasteiger partial charge is 0.338 e. The number of carbonyl (C=O) groups excluding carboxylic acids is 1. The van der Waals surface area contributed by atoms with Gasteiger partial charge in [-0.3, -0.25) is 4.79 Å². The summed E-state index contributed by atoms with van der Waals surface area (Å²) in [7, 11) is 0. The van der Waals surface area contributed by atoms with Gasteiger partial charge in [0.25, 0.3) is 0 Å². The number of hydrogen-bond donors (Lipinski definition) is 3. The van der Waals surface area contributed by atoms with Gasteiger partial charge in [0, 0.05) is 11.8 Å². The Balaban J connectivity index is 2.76. The molecule has 14 heavy (non-hydrogen) atoms. The van der Waals surface area contributed by atoms with Crippen LogP contribution in [0.5, 0.6) is 0 Å². The summed E-state index contributed by atoms with van der Waals surface area (Å²) in [6.07, 6.45) is 0. The maximum Gasteiger partial charge on any atom is 0.338 e. The Morgan fingerprint density at radius 2 is 2.29 bits per heavy atom. The third-order valence-electron chi connectivity index (χ3n) is 1.55. The molecule has 1 aromatic rings. The number of carbonyl (C=O) groups is 2. The topological polar surface area (TPSA) is 92.4 Å². The highest BCUT2D eigenvalue weighted by atomic mass is 32.1. The summed E-state index contributed by atoms with van der Waals surface area (Å²) in [5.74, 6) is -1.21. The first-order valence-electron chi connectivity index (χ1n) is 3.86. The van der Waals surface area contributed by atoms with Crippen LogP contribution in [0.15, 0.2) is 6.07 Å². The molecule has 0 radical (unpaired) electrons. The maximum atomic E-state index is 10.6. The molecule has 0 atom stereocenters. The van der Waals surface area contributed by atoms with Gasteiger partial charge < -0.3 is 16.2 Å². The summed E-state index contributed by atoms with van der Waals surface area (Å²) in [6, 6.07) is 1.47. The van der Waals surface area contributed by atoms with Crippen LogP contribution < -0.4 is 11.1 Å². The van der Waals surface area contributed by atoms with E-state index in [0.29, 0.717) is 6.54 Å². The first-order chi connectivity index (χ1) is 6.50. The number of nitrogens with two attached hydrogens (primary N) is 1. The van der Waals surface area contributed by atoms with Crippen LogP contribution >= 0.6 is 11.3 Å². The molecule has 1 heterocycles. The van der Waals surface area contributed by atoms with Crippen molar-refractivity contribution in [3.8, 4) is 0 Å². The quantitative estimate of drug-likeness (QED) is 0.689. The average molecular weight is 214 g/mol. The molecule has 6 heteroatoms. The molecule has 0 saturated heterocycles. The Kier molecular flexibility index (Phi) is 3.08. The van der Waals surface area contributed by atoms with E-state index in [9.17, 15) is 9.59 Å². The molecule has 0 saturated carbocycles. The van der Waals surface area contributed by atoms with Crippen molar-refractivity contribution in [1.29, 1.82) is 0 Å². The first kappa shape index (κ1) is 10.5. The number of carboxylic acids is 1. The number of aromatic carboxylic acids is 1. The molecule has 1 rings (SSSR count). The van der Waals surface area contributed by atoms with Gasteiger partial charge in [-0.1, -0.05) is 0 Å². The third kappa shape index (κ3) is 2.46. The second kappa shape index (κ2) is 4.10. The summed E-state index contributed by atoms with van der Waals surface area (Å²) in [4.78, 5) is 21.9. The van der Waals surface area contributed by atoms with E-state index < -0.39 is 5.97 Å². The zero-order chi connectivity index (χ0) is 10.7. The summed E-state index contributed by atoms with van der Waals surface area (Å²) in [5.41, 5.74) is 5.57. The summed E-state index contributed by atoms with van der Waals surface area (Å²) in [6.45, 7) is 1.71. The second-order valence-corrected chi connectivity index (χ2v) is 3.87. The molecular formula is C8H10N2O3S. The molecule has 5 nitrogen and oxygen atoms in total. The Morgan fingerprint density at radius 3 is 2.71 bits per heavy atom. The van der Waals surface area contributed by atoms with Gasteiger partial charge in [-0.25, -0.2) is 4.79 Å². The van der Waals surface area contributed by atoms with Crippen molar-refractivity contribution in [2.24, 2.45) is 0 Å². The van der Waals surface area contributed by atoms with Crippen molar-refractivity contribution in [3.05, 3.63) is 16.5 Å². The standard InChI is InChI=1S/C8H10N2O3S/c1-4(11)10-3-5-2-6(8(12)13)7(9)14-5/h2H,3,9H2,1H3,(H,10,11)(H,12,13). The third-order valence-corrected chi connectivity index (χ3v) is 2.52. The SMILES string of the molecule is CC(=O)NCc1cc(C(=O)O)c(N)s1. The fourth-order valence-corrected chi connectivity index (χ4v) is 1.78. The van der Waals surface area contributed by atoms with Crippen LogP contribution in [0.2, 0.25) is 0 Å². The Morgan fingerprint density at radius 1 is 1.64 bits per heavy atom. The van der Waals surface area contributed by atoms with Gasteiger partial charge in [0.15, 0.2) is 0 Å². The molecule has 0 bridgehead atoms. The lowest BCUT2D eigenvalue weighted by Crippen LogP contribution is -2.18. The van der Waals surface area contributed by atoms with Gasteiger partial charge >= 0.3 is 5.97 Å². The van der Waals surface area contributed by atoms with E-state index in [1.54, 1.807) is 0 Å². The number of hydrogen-bond acceptors (Lipinski definition) is 4. The number of anilines is 1. The number of carboxylic acid groups (broad SMARTS) is 1. The lowest BCUT2D eigenvalue weighted by atomic mass is 10.3. The van der Waals surface area contributed by atoms with Gasteiger partial charge in [-0.2, -0.15) is 0 Å². The average Bonchev–Trinajstić information content (AvgIpc) is 2.43. The van der Waals surface area contributed by atoms with Crippen molar-refractivity contribution in [1.82, 2.24) is 5.32 Å². The summed E-state index contributed by atoms with van der Waals surface area (Å²) >= 11 is 1.17. The predicted molar refractivity (Wildman–Crippen MR) is 53.2 cm³/mol. The van der Waals surface area contributed by atoms with Crippen molar-refractivity contribution in [2.75, 3.05) is 5.73 Å². The Bertz CT molecular complexity index is 373. The van der Waals surface area contributed by atoms with Gasteiger partial charge in [0.1, 0.15) is 5.00 Å². The second-order valence-electron chi connectivity index (χ2n) is 2.71. The highest BCUT2D eigenvalue weighted by molar-refractivity contribution is 7.16. The molecular weight excluding hydrogens is 204 g/mol. The van der Waals surface area contributed by atoms with Crippen LogP contribution in [0.3, 0.4) is 0 Å². The molecule has 1 aromatic heterocycles. The maximum absolute atomic E-state index is 10.6. The van der Waals surface area contributed by atoms with Crippen LogP contribution in [0.4, 0.5) is 5.00 Å². The van der Waals surface area contributed by atoms with E-state index in [1.807, 2.05) is 0 Å². The van der Waals surface area contributed by atoms with E-state index in [0.717, 1.165) is 4.88 Å². The van der Waals surface area contributed by atoms with Crippen molar-refractivity contribution < 1.29 is 14.7 Å². The number of nitrogens with one attached hydrogen (secondary N) is 1. The first-order valence-corrected chi connectivity index (χ1v) is 4.68. The summed E-state index contributed by atoms with van der Waals surface area (Å²) < 4.78 is 0. The van der Waals surface area contributed by atoms with Crippen molar-refractivity contribution in [2.45, 2.75) is 13.5 Å². The van der Waals surface area contributed by atoms with Crippen LogP contribution in [0.1, 0.15) is 22.2 Å². The Labute approximate surface area is 84.5 Å². The highest BCUT2D eigenvalue weighted by Crippen LogP contribution is 2.24. The minimum atomic E-state index is -1.05. The van der Waals surface area contributed by atoms with E-state index in [-0.39, 0.29) is 16.5 Å². The monoisotopic (exact) mass is 214 g/mol. The molecule has 0 aromatic carbocycles. The molecule has 0 aliphatic carbocycles. The molecule has 0 fully saturated rings. The lowest BCUT2D eigenvalue weighted by Gasteiger charge is -1.96. The summed E-state index contributed by atoms with van der Waals surface area (Å²) in [5, 5.41) is 11.5. The van der Waals surface area contributed by atoms with Crippen LogP contribution in [0.25, 0.3) is 0 Å². The fraction of sp³-hybridized carbons (Fsp3) is 0.250. The fourth-order valence-electron chi connectivity index (χ4n) is 0.924. The minimum absolute atomic E-state index is 0.0929.